The third-order valence-electron chi connectivity index (χ3n) is 5.12. The Morgan fingerprint density at radius 3 is 2.77 bits per heavy atom. The molecule has 2 fully saturated rings. The normalized spacial score (nSPS) is 24.7. The molecule has 1 aromatic heterocycles. The fraction of sp³-hybridized carbons (Fsp3) is 0.706. The molecule has 118 valence electrons. The van der Waals surface area contributed by atoms with Crippen molar-refractivity contribution in [3.63, 3.8) is 0 Å². The molecule has 3 rings (SSSR count). The van der Waals surface area contributed by atoms with Crippen LogP contribution in [-0.2, 0) is 4.79 Å². The molecule has 1 unspecified atom stereocenters. The van der Waals surface area contributed by atoms with Crippen LogP contribution in [0.4, 0.5) is 0 Å². The van der Waals surface area contributed by atoms with Crippen LogP contribution in [0, 0.1) is 23.7 Å². The Balaban J connectivity index is 1.74. The lowest BCUT2D eigenvalue weighted by Gasteiger charge is -2.39. The first-order valence-electron chi connectivity index (χ1n) is 8.36. The summed E-state index contributed by atoms with van der Waals surface area (Å²) in [5.41, 5.74) is 0.379. The minimum absolute atomic E-state index is 0.0586. The zero-order chi connectivity index (χ0) is 15.6. The molecule has 2 aliphatic rings. The zero-order valence-corrected chi connectivity index (χ0v) is 13.3. The van der Waals surface area contributed by atoms with Crippen LogP contribution in [0.25, 0.3) is 0 Å². The minimum atomic E-state index is -0.764. The van der Waals surface area contributed by atoms with E-state index >= 15 is 0 Å². The molecule has 1 saturated heterocycles. The molecule has 5 heteroatoms. The van der Waals surface area contributed by atoms with E-state index in [1.165, 1.54) is 0 Å². The van der Waals surface area contributed by atoms with Crippen LogP contribution in [0.3, 0.4) is 0 Å². The van der Waals surface area contributed by atoms with E-state index < -0.39 is 5.41 Å². The molecular formula is C17H24N4O. The van der Waals surface area contributed by atoms with Crippen LogP contribution < -0.4 is 0 Å². The number of carbonyl (C=O) groups is 1. The van der Waals surface area contributed by atoms with Crippen LogP contribution in [0.5, 0.6) is 0 Å². The Bertz CT molecular complexity index is 580. The predicted octanol–water partition coefficient (Wildman–Crippen LogP) is 2.83. The molecule has 1 aliphatic carbocycles. The maximum Gasteiger partial charge on any atom is 0.243 e. The summed E-state index contributed by atoms with van der Waals surface area (Å²) in [6.07, 6.45) is 10.5. The zero-order valence-electron chi connectivity index (χ0n) is 13.3. The summed E-state index contributed by atoms with van der Waals surface area (Å²) in [4.78, 5) is 14.9. The summed E-state index contributed by atoms with van der Waals surface area (Å²) in [6, 6.07) is 2.60. The molecular weight excluding hydrogens is 276 g/mol. The number of aryl methyl sites for hydroxylation is 1. The van der Waals surface area contributed by atoms with E-state index in [9.17, 15) is 10.1 Å². The topological polar surface area (TPSA) is 61.9 Å². The van der Waals surface area contributed by atoms with Crippen LogP contribution in [0.2, 0.25) is 0 Å². The Kier molecular flexibility index (Phi) is 4.19. The molecule has 0 bridgehead atoms. The highest BCUT2D eigenvalue weighted by Gasteiger charge is 2.43. The quantitative estimate of drug-likeness (QED) is 0.843. The number of piperidine rings is 1. The second-order valence-corrected chi connectivity index (χ2v) is 6.80. The second-order valence-electron chi connectivity index (χ2n) is 6.80. The first-order chi connectivity index (χ1) is 10.6. The van der Waals surface area contributed by atoms with Crippen molar-refractivity contribution in [3.8, 4) is 6.07 Å². The maximum absolute atomic E-state index is 13.0. The fourth-order valence-electron chi connectivity index (χ4n) is 3.82. The molecule has 22 heavy (non-hydrogen) atoms. The largest absolute Gasteiger partial charge is 0.339 e. The van der Waals surface area contributed by atoms with Crippen LogP contribution in [0.1, 0.15) is 56.6 Å². The molecule has 1 amide bonds. The standard InChI is InChI=1S/C17H24N4O/c1-14-10-19-21(11-14)15-6-5-9-20(12-15)16(22)17(13-18)7-3-2-4-8-17/h10-11,15H,2-9,12H2,1H3. The van der Waals surface area contributed by atoms with Gasteiger partial charge in [-0.3, -0.25) is 9.48 Å². The average molecular weight is 300 g/mol. The summed E-state index contributed by atoms with van der Waals surface area (Å²) in [7, 11) is 0. The Labute approximate surface area is 131 Å². The van der Waals surface area contributed by atoms with Gasteiger partial charge in [0.1, 0.15) is 5.41 Å². The van der Waals surface area contributed by atoms with E-state index in [1.807, 2.05) is 28.9 Å². The predicted molar refractivity (Wildman–Crippen MR) is 82.9 cm³/mol. The van der Waals surface area contributed by atoms with Gasteiger partial charge in [0.05, 0.1) is 18.3 Å². The number of likely N-dealkylation sites (tertiary alicyclic amines) is 1. The van der Waals surface area contributed by atoms with Crippen molar-refractivity contribution in [2.75, 3.05) is 13.1 Å². The summed E-state index contributed by atoms with van der Waals surface area (Å²) < 4.78 is 1.98. The van der Waals surface area contributed by atoms with Crippen molar-refractivity contribution >= 4 is 5.91 Å². The summed E-state index contributed by atoms with van der Waals surface area (Å²) in [5, 5.41) is 14.0. The summed E-state index contributed by atoms with van der Waals surface area (Å²) >= 11 is 0. The molecule has 1 saturated carbocycles. The average Bonchev–Trinajstić information content (AvgIpc) is 3.01. The highest BCUT2D eigenvalue weighted by molar-refractivity contribution is 5.85. The van der Waals surface area contributed by atoms with Gasteiger partial charge < -0.3 is 4.90 Å². The number of carbonyl (C=O) groups excluding carboxylic acids is 1. The van der Waals surface area contributed by atoms with E-state index in [1.54, 1.807) is 0 Å². The van der Waals surface area contributed by atoms with Gasteiger partial charge in [-0.2, -0.15) is 10.4 Å². The number of amides is 1. The summed E-state index contributed by atoms with van der Waals surface area (Å²) in [5.74, 6) is 0.0586. The molecule has 1 aliphatic heterocycles. The van der Waals surface area contributed by atoms with Crippen molar-refractivity contribution in [3.05, 3.63) is 18.0 Å². The third kappa shape index (κ3) is 2.75. The molecule has 5 nitrogen and oxygen atoms in total. The van der Waals surface area contributed by atoms with Gasteiger partial charge in [0.2, 0.25) is 5.91 Å². The molecule has 0 radical (unpaired) electrons. The summed E-state index contributed by atoms with van der Waals surface area (Å²) in [6.45, 7) is 3.49. The van der Waals surface area contributed by atoms with Gasteiger partial charge in [0.15, 0.2) is 0 Å². The molecule has 0 N–H and O–H groups in total. The van der Waals surface area contributed by atoms with E-state index in [2.05, 4.69) is 11.2 Å². The van der Waals surface area contributed by atoms with Gasteiger partial charge in [-0.05, 0) is 38.2 Å². The lowest BCUT2D eigenvalue weighted by Crippen LogP contribution is -2.48. The first kappa shape index (κ1) is 15.1. The first-order valence-corrected chi connectivity index (χ1v) is 8.36. The maximum atomic E-state index is 13.0. The van der Waals surface area contributed by atoms with Gasteiger partial charge in [-0.1, -0.05) is 19.3 Å². The smallest absolute Gasteiger partial charge is 0.243 e. The van der Waals surface area contributed by atoms with Crippen molar-refractivity contribution in [1.82, 2.24) is 14.7 Å². The number of aromatic nitrogens is 2. The number of hydrogen-bond donors (Lipinski definition) is 0. The highest BCUT2D eigenvalue weighted by atomic mass is 16.2. The van der Waals surface area contributed by atoms with Crippen molar-refractivity contribution in [2.24, 2.45) is 5.41 Å². The van der Waals surface area contributed by atoms with Gasteiger partial charge in [0.25, 0.3) is 0 Å². The Morgan fingerprint density at radius 2 is 2.14 bits per heavy atom. The lowest BCUT2D eigenvalue weighted by atomic mass is 9.74. The minimum Gasteiger partial charge on any atom is -0.339 e. The Hall–Kier alpha value is -1.83. The molecule has 1 aromatic rings. The SMILES string of the molecule is Cc1cnn(C2CCCN(C(=O)C3(C#N)CCCCC3)C2)c1. The number of nitrogens with zero attached hydrogens (tertiary/aromatic N) is 4. The van der Waals surface area contributed by atoms with E-state index in [-0.39, 0.29) is 11.9 Å². The van der Waals surface area contributed by atoms with Gasteiger partial charge in [-0.25, -0.2) is 0 Å². The second kappa shape index (κ2) is 6.12. The lowest BCUT2D eigenvalue weighted by molar-refractivity contribution is -0.142. The van der Waals surface area contributed by atoms with Crippen molar-refractivity contribution < 1.29 is 4.79 Å². The van der Waals surface area contributed by atoms with E-state index in [0.29, 0.717) is 6.54 Å². The van der Waals surface area contributed by atoms with E-state index in [0.717, 1.165) is 57.1 Å². The highest BCUT2D eigenvalue weighted by Crippen LogP contribution is 2.38. The molecule has 0 spiro atoms. The molecule has 2 heterocycles. The van der Waals surface area contributed by atoms with Gasteiger partial charge in [0, 0.05) is 19.3 Å². The van der Waals surface area contributed by atoms with Crippen LogP contribution in [-0.4, -0.2) is 33.7 Å². The van der Waals surface area contributed by atoms with Crippen molar-refractivity contribution in [1.29, 1.82) is 5.26 Å². The van der Waals surface area contributed by atoms with Crippen LogP contribution in [0.15, 0.2) is 12.4 Å². The Morgan fingerprint density at radius 1 is 1.36 bits per heavy atom. The fourth-order valence-corrected chi connectivity index (χ4v) is 3.82. The number of nitriles is 1. The van der Waals surface area contributed by atoms with Crippen molar-refractivity contribution in [2.45, 2.75) is 57.9 Å². The number of rotatable bonds is 2. The third-order valence-corrected chi connectivity index (χ3v) is 5.12. The monoisotopic (exact) mass is 300 g/mol. The van der Waals surface area contributed by atoms with E-state index in [4.69, 9.17) is 0 Å². The number of hydrogen-bond acceptors (Lipinski definition) is 3. The molecule has 1 atom stereocenters. The van der Waals surface area contributed by atoms with Crippen LogP contribution >= 0.6 is 0 Å². The molecule has 0 aromatic carbocycles. The van der Waals surface area contributed by atoms with Gasteiger partial charge in [-0.15, -0.1) is 0 Å². The van der Waals surface area contributed by atoms with Gasteiger partial charge >= 0.3 is 0 Å².